The maximum absolute atomic E-state index is 5.93. The number of hydrogen-bond donors (Lipinski definition) is 1. The van der Waals surface area contributed by atoms with E-state index in [0.29, 0.717) is 5.41 Å². The molecule has 1 fully saturated rings. The fourth-order valence-corrected chi connectivity index (χ4v) is 2.93. The van der Waals surface area contributed by atoms with Crippen LogP contribution in [0.2, 0.25) is 5.02 Å². The summed E-state index contributed by atoms with van der Waals surface area (Å²) in [4.78, 5) is 0. The van der Waals surface area contributed by atoms with E-state index in [1.165, 1.54) is 38.3 Å². The molecule has 0 unspecified atom stereocenters. The van der Waals surface area contributed by atoms with Crippen molar-refractivity contribution in [3.8, 4) is 0 Å². The van der Waals surface area contributed by atoms with Crippen LogP contribution in [-0.4, -0.2) is 7.05 Å². The SMILES string of the molecule is CC(C)CC1(c2ccc(Cl)cc2)CCC1.CN.Cl. The molecule has 18 heavy (non-hydrogen) atoms. The van der Waals surface area contributed by atoms with Crippen molar-refractivity contribution in [3.63, 3.8) is 0 Å². The molecule has 0 heterocycles. The van der Waals surface area contributed by atoms with Crippen LogP contribution in [0.15, 0.2) is 24.3 Å². The molecule has 0 amide bonds. The highest BCUT2D eigenvalue weighted by Crippen LogP contribution is 2.48. The maximum Gasteiger partial charge on any atom is 0.0406 e. The van der Waals surface area contributed by atoms with E-state index in [1.54, 1.807) is 0 Å². The van der Waals surface area contributed by atoms with E-state index in [1.807, 2.05) is 12.1 Å². The van der Waals surface area contributed by atoms with Crippen molar-refractivity contribution < 1.29 is 0 Å². The van der Waals surface area contributed by atoms with E-state index < -0.39 is 0 Å². The molecule has 1 aromatic rings. The van der Waals surface area contributed by atoms with Crippen LogP contribution in [0.25, 0.3) is 0 Å². The molecule has 0 aliphatic heterocycles. The minimum atomic E-state index is 0. The minimum absolute atomic E-state index is 0. The zero-order chi connectivity index (χ0) is 12.9. The molecule has 2 N–H and O–H groups in total. The van der Waals surface area contributed by atoms with Crippen LogP contribution in [0, 0.1) is 5.92 Å². The van der Waals surface area contributed by atoms with Gasteiger partial charge in [0.05, 0.1) is 0 Å². The normalized spacial score (nSPS) is 16.1. The van der Waals surface area contributed by atoms with E-state index in [2.05, 4.69) is 31.7 Å². The number of benzene rings is 1. The Balaban J connectivity index is 0.000000917. The van der Waals surface area contributed by atoms with Gasteiger partial charge in [0.2, 0.25) is 0 Å². The summed E-state index contributed by atoms with van der Waals surface area (Å²) in [6, 6.07) is 8.47. The molecule has 3 heteroatoms. The van der Waals surface area contributed by atoms with Crippen LogP contribution < -0.4 is 5.73 Å². The second-order valence-corrected chi connectivity index (χ2v) is 5.68. The lowest BCUT2D eigenvalue weighted by molar-refractivity contribution is 0.200. The third-order valence-electron chi connectivity index (χ3n) is 3.57. The fourth-order valence-electron chi connectivity index (χ4n) is 2.80. The molecule has 1 aliphatic carbocycles. The summed E-state index contributed by atoms with van der Waals surface area (Å²) in [5.74, 6) is 0.779. The van der Waals surface area contributed by atoms with Crippen molar-refractivity contribution in [1.82, 2.24) is 0 Å². The van der Waals surface area contributed by atoms with Gasteiger partial charge < -0.3 is 5.73 Å². The topological polar surface area (TPSA) is 26.0 Å². The van der Waals surface area contributed by atoms with Gasteiger partial charge in [-0.1, -0.05) is 44.0 Å². The van der Waals surface area contributed by atoms with Gasteiger partial charge in [0.25, 0.3) is 0 Å². The van der Waals surface area contributed by atoms with Crippen LogP contribution in [0.5, 0.6) is 0 Å². The van der Waals surface area contributed by atoms with Crippen molar-refractivity contribution in [1.29, 1.82) is 0 Å². The first-order valence-electron chi connectivity index (χ1n) is 6.46. The van der Waals surface area contributed by atoms with Crippen molar-refractivity contribution in [2.45, 2.75) is 44.9 Å². The van der Waals surface area contributed by atoms with Crippen LogP contribution >= 0.6 is 24.0 Å². The Morgan fingerprint density at radius 3 is 2.00 bits per heavy atom. The zero-order valence-electron chi connectivity index (χ0n) is 11.6. The van der Waals surface area contributed by atoms with E-state index in [4.69, 9.17) is 11.6 Å². The Hall–Kier alpha value is -0.240. The molecule has 1 aromatic carbocycles. The third-order valence-corrected chi connectivity index (χ3v) is 3.82. The Morgan fingerprint density at radius 1 is 1.17 bits per heavy atom. The van der Waals surface area contributed by atoms with Crippen molar-refractivity contribution in [2.75, 3.05) is 7.05 Å². The van der Waals surface area contributed by atoms with Gasteiger partial charge in [-0.05, 0) is 55.3 Å². The average molecular weight is 290 g/mol. The molecule has 0 spiro atoms. The quantitative estimate of drug-likeness (QED) is 0.849. The number of nitrogens with two attached hydrogens (primary N) is 1. The zero-order valence-corrected chi connectivity index (χ0v) is 13.2. The highest BCUT2D eigenvalue weighted by atomic mass is 35.5. The monoisotopic (exact) mass is 289 g/mol. The molecule has 0 radical (unpaired) electrons. The van der Waals surface area contributed by atoms with E-state index >= 15 is 0 Å². The first-order valence-corrected chi connectivity index (χ1v) is 6.84. The predicted octanol–water partition coefficient (Wildman–Crippen LogP) is 4.80. The van der Waals surface area contributed by atoms with Gasteiger partial charge >= 0.3 is 0 Å². The van der Waals surface area contributed by atoms with Crippen molar-refractivity contribution in [2.24, 2.45) is 11.7 Å². The number of rotatable bonds is 3. The molecule has 1 nitrogen and oxygen atoms in total. The molecule has 2 rings (SSSR count). The summed E-state index contributed by atoms with van der Waals surface area (Å²) in [5.41, 5.74) is 6.46. The molecule has 1 saturated carbocycles. The number of hydrogen-bond acceptors (Lipinski definition) is 1. The molecular weight excluding hydrogens is 265 g/mol. The van der Waals surface area contributed by atoms with Crippen LogP contribution in [0.4, 0.5) is 0 Å². The Bertz CT molecular complexity index is 329. The van der Waals surface area contributed by atoms with Gasteiger partial charge in [-0.15, -0.1) is 12.4 Å². The van der Waals surface area contributed by atoms with Gasteiger partial charge in [0, 0.05) is 5.02 Å². The van der Waals surface area contributed by atoms with E-state index in [0.717, 1.165) is 10.9 Å². The van der Waals surface area contributed by atoms with E-state index in [-0.39, 0.29) is 12.4 Å². The second kappa shape index (κ2) is 8.04. The molecule has 0 atom stereocenters. The summed E-state index contributed by atoms with van der Waals surface area (Å²) in [5, 5.41) is 0.845. The van der Waals surface area contributed by atoms with Crippen LogP contribution in [0.3, 0.4) is 0 Å². The first kappa shape index (κ1) is 17.8. The molecule has 0 saturated heterocycles. The fraction of sp³-hybridized carbons (Fsp3) is 0.600. The van der Waals surface area contributed by atoms with Gasteiger partial charge in [0.1, 0.15) is 0 Å². The third kappa shape index (κ3) is 4.15. The van der Waals surface area contributed by atoms with Crippen LogP contribution in [0.1, 0.15) is 45.1 Å². The highest BCUT2D eigenvalue weighted by Gasteiger charge is 2.38. The van der Waals surface area contributed by atoms with Crippen molar-refractivity contribution in [3.05, 3.63) is 34.9 Å². The lowest BCUT2D eigenvalue weighted by Crippen LogP contribution is -2.35. The highest BCUT2D eigenvalue weighted by molar-refractivity contribution is 6.30. The Morgan fingerprint density at radius 2 is 1.67 bits per heavy atom. The molecular formula is C15H25Cl2N. The van der Waals surface area contributed by atoms with Crippen molar-refractivity contribution >= 4 is 24.0 Å². The minimum Gasteiger partial charge on any atom is -0.333 e. The smallest absolute Gasteiger partial charge is 0.0406 e. The summed E-state index contributed by atoms with van der Waals surface area (Å²) in [6.07, 6.45) is 5.41. The first-order chi connectivity index (χ1) is 8.12. The van der Waals surface area contributed by atoms with E-state index in [9.17, 15) is 0 Å². The van der Waals surface area contributed by atoms with Crippen LogP contribution in [-0.2, 0) is 5.41 Å². The molecule has 104 valence electrons. The second-order valence-electron chi connectivity index (χ2n) is 5.24. The predicted molar refractivity (Wildman–Crippen MR) is 83.8 cm³/mol. The van der Waals surface area contributed by atoms with Gasteiger partial charge in [0.15, 0.2) is 0 Å². The van der Waals surface area contributed by atoms with Gasteiger partial charge in [-0.3, -0.25) is 0 Å². The Kier molecular flexibility index (Phi) is 7.93. The summed E-state index contributed by atoms with van der Waals surface area (Å²) in [7, 11) is 1.50. The standard InChI is InChI=1S/C14H19Cl.CH5N.ClH/c1-11(2)10-14(8-3-9-14)12-4-6-13(15)7-5-12;1-2;/h4-7,11H,3,8-10H2,1-2H3;2H2,1H3;1H. The lowest BCUT2D eigenvalue weighted by atomic mass is 9.61. The lowest BCUT2D eigenvalue weighted by Gasteiger charge is -2.44. The van der Waals surface area contributed by atoms with Gasteiger partial charge in [-0.25, -0.2) is 0 Å². The molecule has 0 aromatic heterocycles. The average Bonchev–Trinajstić information content (AvgIpc) is 2.27. The largest absolute Gasteiger partial charge is 0.333 e. The number of halogens is 2. The summed E-state index contributed by atoms with van der Waals surface area (Å²) < 4.78 is 0. The van der Waals surface area contributed by atoms with Gasteiger partial charge in [-0.2, -0.15) is 0 Å². The molecule has 0 bridgehead atoms. The maximum atomic E-state index is 5.93. The molecule has 1 aliphatic rings. The summed E-state index contributed by atoms with van der Waals surface area (Å²) in [6.45, 7) is 4.63. The summed E-state index contributed by atoms with van der Waals surface area (Å²) >= 11 is 5.93. The Labute approximate surface area is 123 Å².